The molecule has 2 N–H and O–H groups in total. The van der Waals surface area contributed by atoms with E-state index in [4.69, 9.17) is 15.4 Å². The zero-order valence-corrected chi connectivity index (χ0v) is 17.8. The molecule has 4 aromatic rings. The van der Waals surface area contributed by atoms with Crippen molar-refractivity contribution in [2.45, 2.75) is 0 Å². The fourth-order valence-electron chi connectivity index (χ4n) is 3.44. The van der Waals surface area contributed by atoms with Crippen LogP contribution in [0.5, 0.6) is 5.75 Å². The van der Waals surface area contributed by atoms with Crippen LogP contribution in [0.25, 0.3) is 22.5 Å². The molecule has 4 rings (SSSR count). The predicted octanol–water partition coefficient (Wildman–Crippen LogP) is 5.10. The Balaban J connectivity index is 1.65. The number of ether oxygens (including phenoxy) is 1. The molecule has 0 radical (unpaired) electrons. The summed E-state index contributed by atoms with van der Waals surface area (Å²) in [7, 11) is 1.33. The second kappa shape index (κ2) is 9.34. The van der Waals surface area contributed by atoms with E-state index in [1.165, 1.54) is 37.5 Å². The highest BCUT2D eigenvalue weighted by Crippen LogP contribution is 2.26. The molecule has 2 aromatic carbocycles. The molecule has 0 saturated heterocycles. The first-order chi connectivity index (χ1) is 16.4. The summed E-state index contributed by atoms with van der Waals surface area (Å²) in [6.45, 7) is 0. The van der Waals surface area contributed by atoms with Gasteiger partial charge in [-0.15, -0.1) is 0 Å². The Labute approximate surface area is 193 Å². The molecule has 168 valence electrons. The fourth-order valence-corrected chi connectivity index (χ4v) is 3.44. The number of halogens is 2. The highest BCUT2D eigenvalue weighted by atomic mass is 19.1. The Morgan fingerprint density at radius 3 is 2.68 bits per heavy atom. The number of nitrogens with one attached hydrogen (secondary N) is 2. The van der Waals surface area contributed by atoms with Gasteiger partial charge in [0.1, 0.15) is 11.5 Å². The van der Waals surface area contributed by atoms with Gasteiger partial charge in [0, 0.05) is 46.9 Å². The van der Waals surface area contributed by atoms with Crippen LogP contribution >= 0.6 is 0 Å². The summed E-state index contributed by atoms with van der Waals surface area (Å²) in [5.41, 5.74) is 2.59. The van der Waals surface area contributed by atoms with Crippen molar-refractivity contribution in [2.75, 3.05) is 12.4 Å². The third-order valence-corrected chi connectivity index (χ3v) is 5.13. The molecule has 0 aliphatic heterocycles. The lowest BCUT2D eigenvalue weighted by molar-refractivity contribution is 0.102. The minimum absolute atomic E-state index is 0.0283. The number of fused-ring (bicyclic) bond motifs is 1. The van der Waals surface area contributed by atoms with Crippen molar-refractivity contribution in [1.29, 1.82) is 10.7 Å². The highest BCUT2D eigenvalue weighted by Gasteiger charge is 2.16. The number of pyridine rings is 1. The molecule has 0 fully saturated rings. The number of carbonyl (C=O) groups excluding carboxylic acids is 1. The minimum atomic E-state index is -0.764. The van der Waals surface area contributed by atoms with Gasteiger partial charge in [-0.05, 0) is 36.4 Å². The molecular formula is C25H17F2N5O2. The molecule has 2 aromatic heterocycles. The molecule has 0 unspecified atom stereocenters. The molecule has 0 saturated carbocycles. The van der Waals surface area contributed by atoms with Crippen LogP contribution in [-0.4, -0.2) is 28.6 Å². The van der Waals surface area contributed by atoms with Crippen LogP contribution in [0.4, 0.5) is 14.5 Å². The van der Waals surface area contributed by atoms with Gasteiger partial charge in [-0.1, -0.05) is 6.07 Å². The van der Waals surface area contributed by atoms with Crippen LogP contribution in [0.2, 0.25) is 0 Å². The van der Waals surface area contributed by atoms with E-state index < -0.39 is 17.5 Å². The van der Waals surface area contributed by atoms with Crippen LogP contribution in [0.1, 0.15) is 15.9 Å². The van der Waals surface area contributed by atoms with Crippen LogP contribution in [0, 0.1) is 28.4 Å². The summed E-state index contributed by atoms with van der Waals surface area (Å²) in [6, 6.07) is 13.4. The number of rotatable bonds is 6. The van der Waals surface area contributed by atoms with Gasteiger partial charge < -0.3 is 15.5 Å². The van der Waals surface area contributed by atoms with Crippen molar-refractivity contribution < 1.29 is 18.3 Å². The predicted molar refractivity (Wildman–Crippen MR) is 124 cm³/mol. The average molecular weight is 457 g/mol. The normalized spacial score (nSPS) is 11.2. The summed E-state index contributed by atoms with van der Waals surface area (Å²) in [5, 5.41) is 18.9. The molecule has 2 heterocycles. The Bertz CT molecular complexity index is 1500. The average Bonchev–Trinajstić information content (AvgIpc) is 3.25. The van der Waals surface area contributed by atoms with Crippen LogP contribution in [0.3, 0.4) is 0 Å². The molecule has 0 aliphatic carbocycles. The van der Waals surface area contributed by atoms with Gasteiger partial charge in [0.2, 0.25) is 0 Å². The van der Waals surface area contributed by atoms with E-state index in [2.05, 4.69) is 10.3 Å². The van der Waals surface area contributed by atoms with Gasteiger partial charge in [-0.2, -0.15) is 5.26 Å². The highest BCUT2D eigenvalue weighted by molar-refractivity contribution is 6.09. The van der Waals surface area contributed by atoms with E-state index in [9.17, 15) is 13.6 Å². The van der Waals surface area contributed by atoms with Crippen LogP contribution in [-0.2, 0) is 0 Å². The Hall–Kier alpha value is -4.84. The maximum absolute atomic E-state index is 14.9. The first kappa shape index (κ1) is 22.4. The molecule has 0 atom stereocenters. The summed E-state index contributed by atoms with van der Waals surface area (Å²) in [6.07, 6.45) is 5.59. The van der Waals surface area contributed by atoms with E-state index in [1.54, 1.807) is 35.0 Å². The zero-order valence-electron chi connectivity index (χ0n) is 17.8. The number of aromatic nitrogens is 2. The van der Waals surface area contributed by atoms with Gasteiger partial charge >= 0.3 is 0 Å². The van der Waals surface area contributed by atoms with Crippen molar-refractivity contribution in [3.63, 3.8) is 0 Å². The fraction of sp³-hybridized carbons (Fsp3) is 0.0400. The second-order valence-corrected chi connectivity index (χ2v) is 7.16. The molecule has 9 heteroatoms. The molecule has 0 spiro atoms. The number of amides is 1. The summed E-state index contributed by atoms with van der Waals surface area (Å²) in [4.78, 5) is 16.9. The van der Waals surface area contributed by atoms with Gasteiger partial charge in [-0.25, -0.2) is 13.8 Å². The molecule has 0 bridgehead atoms. The van der Waals surface area contributed by atoms with Gasteiger partial charge in [0.15, 0.2) is 11.6 Å². The van der Waals surface area contributed by atoms with Gasteiger partial charge in [0.25, 0.3) is 5.91 Å². The minimum Gasteiger partial charge on any atom is -0.494 e. The van der Waals surface area contributed by atoms with Crippen molar-refractivity contribution in [3.8, 4) is 23.1 Å². The monoisotopic (exact) mass is 457 g/mol. The van der Waals surface area contributed by atoms with Gasteiger partial charge in [-0.3, -0.25) is 9.20 Å². The van der Waals surface area contributed by atoms with E-state index in [0.29, 0.717) is 28.0 Å². The number of benzene rings is 2. The van der Waals surface area contributed by atoms with E-state index >= 15 is 0 Å². The standard InChI is InChI=1S/C25H17F2N5O2/c1-34-23-6-4-18(11-21(23)27)31-25(33)19-5-2-15(10-20(19)26)22-13-30-24-7-3-17(14-32(22)24)16(12-29)8-9-28/h2-8,10-14,29H,1H3,(H,31,33). The van der Waals surface area contributed by atoms with Crippen molar-refractivity contribution in [3.05, 3.63) is 89.8 Å². The van der Waals surface area contributed by atoms with Crippen LogP contribution in [0.15, 0.2) is 67.0 Å². The molecular weight excluding hydrogens is 440 g/mol. The smallest absolute Gasteiger partial charge is 0.258 e. The summed E-state index contributed by atoms with van der Waals surface area (Å²) < 4.78 is 35.3. The van der Waals surface area contributed by atoms with Gasteiger partial charge in [0.05, 0.1) is 30.6 Å². The number of nitrogens with zero attached hydrogens (tertiary/aromatic N) is 3. The van der Waals surface area contributed by atoms with Crippen molar-refractivity contribution in [2.24, 2.45) is 0 Å². The quantitative estimate of drug-likeness (QED) is 0.311. The topological polar surface area (TPSA) is 103 Å². The molecule has 0 aliphatic rings. The lowest BCUT2D eigenvalue weighted by Crippen LogP contribution is -2.14. The number of carbonyl (C=O) groups is 1. The summed E-state index contributed by atoms with van der Waals surface area (Å²) >= 11 is 0. The van der Waals surface area contributed by atoms with E-state index in [0.717, 1.165) is 12.3 Å². The van der Waals surface area contributed by atoms with Crippen molar-refractivity contribution >= 4 is 29.0 Å². The lowest BCUT2D eigenvalue weighted by atomic mass is 10.1. The molecule has 7 nitrogen and oxygen atoms in total. The first-order valence-corrected chi connectivity index (χ1v) is 9.97. The molecule has 34 heavy (non-hydrogen) atoms. The molecule has 1 amide bonds. The summed E-state index contributed by atoms with van der Waals surface area (Å²) in [5.74, 6) is -2.12. The largest absolute Gasteiger partial charge is 0.494 e. The Morgan fingerprint density at radius 1 is 1.18 bits per heavy atom. The zero-order chi connectivity index (χ0) is 24.2. The third kappa shape index (κ3) is 4.25. The first-order valence-electron chi connectivity index (χ1n) is 9.97. The third-order valence-electron chi connectivity index (χ3n) is 5.13. The second-order valence-electron chi connectivity index (χ2n) is 7.16. The van der Waals surface area contributed by atoms with Crippen molar-refractivity contribution in [1.82, 2.24) is 9.38 Å². The Kier molecular flexibility index (Phi) is 6.14. The number of nitriles is 1. The maximum atomic E-state index is 14.9. The number of methoxy groups -OCH3 is 1. The SMILES string of the molecule is COc1ccc(NC(=O)c2ccc(-c3cnc4ccc(C(C=N)=CC#N)cn34)cc2F)cc1F. The Morgan fingerprint density at radius 2 is 2.00 bits per heavy atom. The number of hydrogen-bond acceptors (Lipinski definition) is 5. The van der Waals surface area contributed by atoms with E-state index in [-0.39, 0.29) is 17.0 Å². The number of hydrogen-bond donors (Lipinski definition) is 2. The van der Waals surface area contributed by atoms with Crippen LogP contribution < -0.4 is 10.1 Å². The number of imidazole rings is 1. The number of allylic oxidation sites excluding steroid dienone is 2. The van der Waals surface area contributed by atoms with E-state index in [1.807, 2.05) is 6.07 Å². The lowest BCUT2D eigenvalue weighted by Gasteiger charge is -2.10. The number of anilines is 1. The maximum Gasteiger partial charge on any atom is 0.258 e.